The van der Waals surface area contributed by atoms with Gasteiger partial charge in [-0.25, -0.2) is 4.79 Å². The van der Waals surface area contributed by atoms with Crippen molar-refractivity contribution >= 4 is 11.9 Å². The van der Waals surface area contributed by atoms with Crippen molar-refractivity contribution in [1.82, 2.24) is 15.5 Å². The van der Waals surface area contributed by atoms with Gasteiger partial charge in [0.25, 0.3) is 0 Å². The van der Waals surface area contributed by atoms with Gasteiger partial charge in [0, 0.05) is 19.6 Å². The summed E-state index contributed by atoms with van der Waals surface area (Å²) in [6, 6.07) is -0.409. The highest BCUT2D eigenvalue weighted by molar-refractivity contribution is 5.95. The van der Waals surface area contributed by atoms with Crippen molar-refractivity contribution in [3.05, 3.63) is 0 Å². The monoisotopic (exact) mass is 271 g/mol. The number of urea groups is 1. The molecule has 19 heavy (non-hydrogen) atoms. The van der Waals surface area contributed by atoms with Crippen LogP contribution in [0.3, 0.4) is 0 Å². The quantitative estimate of drug-likeness (QED) is 0.723. The molecular formula is C13H25N3O3. The molecule has 0 spiro atoms. The van der Waals surface area contributed by atoms with E-state index in [1.54, 1.807) is 0 Å². The Balaban J connectivity index is 2.24. The maximum atomic E-state index is 11.7. The van der Waals surface area contributed by atoms with E-state index in [1.807, 2.05) is 25.7 Å². The summed E-state index contributed by atoms with van der Waals surface area (Å²) < 4.78 is 5.59. The van der Waals surface area contributed by atoms with Gasteiger partial charge >= 0.3 is 6.03 Å². The van der Waals surface area contributed by atoms with Crippen LogP contribution < -0.4 is 10.6 Å². The second kappa shape index (κ2) is 8.12. The highest BCUT2D eigenvalue weighted by atomic mass is 16.5. The number of imide groups is 1. The molecule has 2 atom stereocenters. The molecule has 1 fully saturated rings. The van der Waals surface area contributed by atoms with Gasteiger partial charge in [-0.15, -0.1) is 0 Å². The summed E-state index contributed by atoms with van der Waals surface area (Å²) in [4.78, 5) is 25.1. The van der Waals surface area contributed by atoms with Gasteiger partial charge in [0.2, 0.25) is 5.91 Å². The molecule has 6 heteroatoms. The number of carbonyl (C=O) groups is 2. The standard InChI is InChI=1S/C13H25N3O3/c1-4-5-6-14-13(18)15-12(17)9-16-7-10(2)19-11(3)8-16/h10-11H,4-9H2,1-3H3,(H2,14,15,17,18). The Labute approximate surface area is 114 Å². The van der Waals surface area contributed by atoms with Crippen LogP contribution in [0.15, 0.2) is 0 Å². The van der Waals surface area contributed by atoms with Crippen LogP contribution in [0.4, 0.5) is 4.79 Å². The molecule has 0 aliphatic carbocycles. The average Bonchev–Trinajstić information content (AvgIpc) is 2.27. The number of ether oxygens (including phenoxy) is 1. The zero-order valence-electron chi connectivity index (χ0n) is 12.1. The molecule has 1 rings (SSSR count). The SMILES string of the molecule is CCCCNC(=O)NC(=O)CN1CC(C)OC(C)C1. The predicted molar refractivity (Wildman–Crippen MR) is 72.9 cm³/mol. The van der Waals surface area contributed by atoms with Crippen molar-refractivity contribution < 1.29 is 14.3 Å². The first kappa shape index (κ1) is 15.9. The van der Waals surface area contributed by atoms with Crippen molar-refractivity contribution in [2.75, 3.05) is 26.2 Å². The minimum atomic E-state index is -0.409. The fourth-order valence-corrected chi connectivity index (χ4v) is 2.21. The van der Waals surface area contributed by atoms with E-state index in [9.17, 15) is 9.59 Å². The Morgan fingerprint density at radius 2 is 1.89 bits per heavy atom. The van der Waals surface area contributed by atoms with Gasteiger partial charge in [-0.05, 0) is 20.3 Å². The fourth-order valence-electron chi connectivity index (χ4n) is 2.21. The molecule has 1 heterocycles. The van der Waals surface area contributed by atoms with E-state index in [1.165, 1.54) is 0 Å². The lowest BCUT2D eigenvalue weighted by Gasteiger charge is -2.34. The largest absolute Gasteiger partial charge is 0.373 e. The summed E-state index contributed by atoms with van der Waals surface area (Å²) in [7, 11) is 0. The number of amides is 3. The van der Waals surface area contributed by atoms with E-state index >= 15 is 0 Å². The second-order valence-corrected chi connectivity index (χ2v) is 5.11. The summed E-state index contributed by atoms with van der Waals surface area (Å²) in [5, 5.41) is 5.00. The van der Waals surface area contributed by atoms with E-state index < -0.39 is 6.03 Å². The number of nitrogens with zero attached hydrogens (tertiary/aromatic N) is 1. The van der Waals surface area contributed by atoms with Crippen molar-refractivity contribution in [3.8, 4) is 0 Å². The molecule has 1 aliphatic heterocycles. The Kier molecular flexibility index (Phi) is 6.80. The molecule has 1 saturated heterocycles. The average molecular weight is 271 g/mol. The van der Waals surface area contributed by atoms with Crippen LogP contribution >= 0.6 is 0 Å². The molecule has 1 aliphatic rings. The third-order valence-corrected chi connectivity index (χ3v) is 2.93. The predicted octanol–water partition coefficient (Wildman–Crippen LogP) is 0.722. The smallest absolute Gasteiger partial charge is 0.321 e. The Hall–Kier alpha value is -1.14. The lowest BCUT2D eigenvalue weighted by molar-refractivity contribution is -0.124. The van der Waals surface area contributed by atoms with Crippen molar-refractivity contribution in [1.29, 1.82) is 0 Å². The third-order valence-electron chi connectivity index (χ3n) is 2.93. The van der Waals surface area contributed by atoms with Gasteiger partial charge in [-0.3, -0.25) is 15.0 Å². The van der Waals surface area contributed by atoms with Crippen LogP contribution in [0, 0.1) is 0 Å². The van der Waals surface area contributed by atoms with E-state index in [0.717, 1.165) is 25.9 Å². The molecule has 0 radical (unpaired) electrons. The first-order valence-corrected chi connectivity index (χ1v) is 6.96. The number of unbranched alkanes of at least 4 members (excludes halogenated alkanes) is 1. The molecule has 2 unspecified atom stereocenters. The highest BCUT2D eigenvalue weighted by Crippen LogP contribution is 2.09. The van der Waals surface area contributed by atoms with E-state index in [0.29, 0.717) is 6.54 Å². The van der Waals surface area contributed by atoms with E-state index in [4.69, 9.17) is 4.74 Å². The maximum absolute atomic E-state index is 11.7. The molecule has 0 saturated carbocycles. The summed E-state index contributed by atoms with van der Waals surface area (Å²) >= 11 is 0. The zero-order chi connectivity index (χ0) is 14.3. The first-order chi connectivity index (χ1) is 9.01. The Morgan fingerprint density at radius 1 is 1.26 bits per heavy atom. The number of hydrogen-bond donors (Lipinski definition) is 2. The van der Waals surface area contributed by atoms with Crippen LogP contribution in [0.2, 0.25) is 0 Å². The molecule has 2 N–H and O–H groups in total. The maximum Gasteiger partial charge on any atom is 0.321 e. The number of morpholine rings is 1. The van der Waals surface area contributed by atoms with Gasteiger partial charge in [0.15, 0.2) is 0 Å². The number of carbonyl (C=O) groups excluding carboxylic acids is 2. The van der Waals surface area contributed by atoms with Gasteiger partial charge in [0.1, 0.15) is 0 Å². The Morgan fingerprint density at radius 3 is 2.47 bits per heavy atom. The van der Waals surface area contributed by atoms with Crippen LogP contribution in [-0.4, -0.2) is 55.2 Å². The summed E-state index contributed by atoms with van der Waals surface area (Å²) in [6.45, 7) is 8.28. The summed E-state index contributed by atoms with van der Waals surface area (Å²) in [5.74, 6) is -0.268. The molecule has 0 aromatic rings. The van der Waals surface area contributed by atoms with Crippen LogP contribution in [-0.2, 0) is 9.53 Å². The van der Waals surface area contributed by atoms with Gasteiger partial charge in [-0.1, -0.05) is 13.3 Å². The zero-order valence-corrected chi connectivity index (χ0v) is 12.1. The normalized spacial score (nSPS) is 23.9. The Bertz CT molecular complexity index is 300. The minimum absolute atomic E-state index is 0.120. The van der Waals surface area contributed by atoms with Crippen LogP contribution in [0.25, 0.3) is 0 Å². The molecule has 0 aromatic carbocycles. The minimum Gasteiger partial charge on any atom is -0.373 e. The van der Waals surface area contributed by atoms with Crippen LogP contribution in [0.1, 0.15) is 33.6 Å². The van der Waals surface area contributed by atoms with Crippen LogP contribution in [0.5, 0.6) is 0 Å². The van der Waals surface area contributed by atoms with Crippen molar-refractivity contribution in [2.45, 2.75) is 45.8 Å². The molecule has 0 aromatic heterocycles. The van der Waals surface area contributed by atoms with Crippen molar-refractivity contribution in [2.24, 2.45) is 0 Å². The summed E-state index contributed by atoms with van der Waals surface area (Å²) in [6.07, 6.45) is 2.17. The number of nitrogens with one attached hydrogen (secondary N) is 2. The molecule has 0 bridgehead atoms. The third kappa shape index (κ3) is 6.54. The van der Waals surface area contributed by atoms with E-state index in [2.05, 4.69) is 10.6 Å². The first-order valence-electron chi connectivity index (χ1n) is 6.96. The fraction of sp³-hybridized carbons (Fsp3) is 0.846. The second-order valence-electron chi connectivity index (χ2n) is 5.11. The molecule has 110 valence electrons. The van der Waals surface area contributed by atoms with Crippen molar-refractivity contribution in [3.63, 3.8) is 0 Å². The van der Waals surface area contributed by atoms with E-state index in [-0.39, 0.29) is 24.7 Å². The lowest BCUT2D eigenvalue weighted by Crippen LogP contribution is -2.50. The molecular weight excluding hydrogens is 246 g/mol. The molecule has 3 amide bonds. The lowest BCUT2D eigenvalue weighted by atomic mass is 10.2. The van der Waals surface area contributed by atoms with Gasteiger partial charge in [-0.2, -0.15) is 0 Å². The van der Waals surface area contributed by atoms with Gasteiger partial charge in [0.05, 0.1) is 18.8 Å². The molecule has 6 nitrogen and oxygen atoms in total. The number of hydrogen-bond acceptors (Lipinski definition) is 4. The summed E-state index contributed by atoms with van der Waals surface area (Å²) in [5.41, 5.74) is 0. The van der Waals surface area contributed by atoms with Gasteiger partial charge < -0.3 is 10.1 Å². The topological polar surface area (TPSA) is 70.7 Å². The highest BCUT2D eigenvalue weighted by Gasteiger charge is 2.24. The number of rotatable bonds is 5.